The van der Waals surface area contributed by atoms with Crippen LogP contribution in [0.3, 0.4) is 0 Å². The van der Waals surface area contributed by atoms with E-state index in [0.717, 1.165) is 21.2 Å². The number of rotatable bonds is 13. The fraction of sp³-hybridized carbons (Fsp3) is 0.333. The molecule has 0 aliphatic heterocycles. The number of nitrogens with zero attached hydrogens (tertiary/aromatic N) is 2. The Morgan fingerprint density at radius 1 is 0.949 bits per heavy atom. The fourth-order valence-corrected chi connectivity index (χ4v) is 5.81. The van der Waals surface area contributed by atoms with Gasteiger partial charge in [0.25, 0.3) is 0 Å². The summed E-state index contributed by atoms with van der Waals surface area (Å²) < 4.78 is 27.3. The van der Waals surface area contributed by atoms with Crippen molar-refractivity contribution in [1.29, 1.82) is 0 Å². The summed E-state index contributed by atoms with van der Waals surface area (Å²) in [6.07, 6.45) is 1.93. The molecule has 0 aromatic heterocycles. The first-order valence-electron chi connectivity index (χ1n) is 13.0. The molecule has 0 bridgehead atoms. The normalized spacial score (nSPS) is 12.0. The van der Waals surface area contributed by atoms with Gasteiger partial charge in [0.05, 0.1) is 11.9 Å². The van der Waals surface area contributed by atoms with Gasteiger partial charge < -0.3 is 10.2 Å². The minimum Gasteiger partial charge on any atom is -0.355 e. The van der Waals surface area contributed by atoms with E-state index < -0.39 is 16.1 Å². The zero-order valence-corrected chi connectivity index (χ0v) is 25.0. The largest absolute Gasteiger partial charge is 0.355 e. The molecule has 7 nitrogen and oxygen atoms in total. The summed E-state index contributed by atoms with van der Waals surface area (Å²) in [5.41, 5.74) is 3.42. The summed E-state index contributed by atoms with van der Waals surface area (Å²) in [4.78, 5) is 28.6. The van der Waals surface area contributed by atoms with E-state index in [-0.39, 0.29) is 31.3 Å². The fourth-order valence-electron chi connectivity index (χ4n) is 4.39. The lowest BCUT2D eigenvalue weighted by Crippen LogP contribution is -2.50. The molecule has 39 heavy (non-hydrogen) atoms. The van der Waals surface area contributed by atoms with Gasteiger partial charge in [-0.25, -0.2) is 8.42 Å². The highest BCUT2D eigenvalue weighted by Crippen LogP contribution is 2.21. The van der Waals surface area contributed by atoms with E-state index in [9.17, 15) is 18.0 Å². The number of hydrogen-bond acceptors (Lipinski definition) is 4. The predicted molar refractivity (Wildman–Crippen MR) is 160 cm³/mol. The van der Waals surface area contributed by atoms with Gasteiger partial charge in [0.1, 0.15) is 6.04 Å². The van der Waals surface area contributed by atoms with Crippen LogP contribution in [0.1, 0.15) is 36.5 Å². The number of amides is 2. The molecule has 0 aliphatic carbocycles. The van der Waals surface area contributed by atoms with Crippen LogP contribution in [0.15, 0.2) is 83.3 Å². The molecule has 3 aromatic carbocycles. The summed E-state index contributed by atoms with van der Waals surface area (Å²) in [5.74, 6) is -0.429. The van der Waals surface area contributed by atoms with Gasteiger partial charge in [0, 0.05) is 36.9 Å². The Morgan fingerprint density at radius 2 is 1.62 bits per heavy atom. The van der Waals surface area contributed by atoms with Crippen molar-refractivity contribution < 1.29 is 18.0 Å². The Kier molecular flexibility index (Phi) is 11.1. The molecule has 0 saturated heterocycles. The molecule has 0 spiro atoms. The Bertz CT molecular complexity index is 1350. The molecule has 3 aromatic rings. The van der Waals surface area contributed by atoms with Crippen molar-refractivity contribution in [2.24, 2.45) is 0 Å². The van der Waals surface area contributed by atoms with E-state index >= 15 is 0 Å². The Hall–Kier alpha value is -3.17. The Labute approximate surface area is 240 Å². The molecule has 0 radical (unpaired) electrons. The second kappa shape index (κ2) is 14.3. The third kappa shape index (κ3) is 9.21. The van der Waals surface area contributed by atoms with Gasteiger partial charge in [0.2, 0.25) is 21.8 Å². The lowest BCUT2D eigenvalue weighted by molar-refractivity contribution is -0.141. The number of aryl methyl sites for hydroxylation is 1. The minimum absolute atomic E-state index is 0.0938. The van der Waals surface area contributed by atoms with Crippen LogP contribution in [0.4, 0.5) is 5.69 Å². The summed E-state index contributed by atoms with van der Waals surface area (Å²) in [6, 6.07) is 23.8. The summed E-state index contributed by atoms with van der Waals surface area (Å²) in [7, 11) is -3.54. The molecule has 0 saturated carbocycles. The van der Waals surface area contributed by atoms with Crippen molar-refractivity contribution in [1.82, 2.24) is 10.2 Å². The number of nitrogens with one attached hydrogen (secondary N) is 1. The maximum atomic E-state index is 13.8. The number of sulfonamides is 1. The second-order valence-electron chi connectivity index (χ2n) is 9.53. The number of hydrogen-bond donors (Lipinski definition) is 1. The van der Waals surface area contributed by atoms with E-state index in [1.54, 1.807) is 17.0 Å². The second-order valence-corrected chi connectivity index (χ2v) is 12.3. The highest BCUT2D eigenvalue weighted by Gasteiger charge is 2.30. The topological polar surface area (TPSA) is 86.8 Å². The van der Waals surface area contributed by atoms with Crippen molar-refractivity contribution in [2.75, 3.05) is 23.7 Å². The zero-order valence-electron chi connectivity index (χ0n) is 22.6. The van der Waals surface area contributed by atoms with Gasteiger partial charge in [-0.05, 0) is 55.7 Å². The Morgan fingerprint density at radius 3 is 2.23 bits per heavy atom. The SMILES string of the molecule is CCNC(=O)C(Cc1ccccc1)N(Cc1cccc(Br)c1)C(=O)CCCN(c1ccc(C)cc1)S(C)(=O)=O. The monoisotopic (exact) mass is 613 g/mol. The zero-order chi connectivity index (χ0) is 28.4. The molecule has 208 valence electrons. The smallest absolute Gasteiger partial charge is 0.243 e. The Balaban J connectivity index is 1.85. The third-order valence-corrected chi connectivity index (χ3v) is 8.03. The third-order valence-electron chi connectivity index (χ3n) is 6.34. The van der Waals surface area contributed by atoms with E-state index in [4.69, 9.17) is 0 Å². The van der Waals surface area contributed by atoms with Crippen LogP contribution in [-0.2, 0) is 32.6 Å². The maximum Gasteiger partial charge on any atom is 0.243 e. The number of carbonyl (C=O) groups excluding carboxylic acids is 2. The summed E-state index contributed by atoms with van der Waals surface area (Å²) >= 11 is 3.49. The first-order valence-corrected chi connectivity index (χ1v) is 15.6. The van der Waals surface area contributed by atoms with Gasteiger partial charge >= 0.3 is 0 Å². The standard InChI is InChI=1S/C30H36BrN3O4S/c1-4-32-30(36)28(21-24-10-6-5-7-11-24)33(22-25-12-8-13-26(31)20-25)29(35)14-9-19-34(39(3,37)38)27-17-15-23(2)16-18-27/h5-8,10-13,15-18,20,28H,4,9,14,19,21-22H2,1-3H3,(H,32,36). The van der Waals surface area contributed by atoms with Crippen molar-refractivity contribution in [3.63, 3.8) is 0 Å². The van der Waals surface area contributed by atoms with Crippen molar-refractivity contribution >= 4 is 43.5 Å². The molecule has 0 heterocycles. The molecule has 1 N–H and O–H groups in total. The molecular formula is C30H36BrN3O4S. The highest BCUT2D eigenvalue weighted by molar-refractivity contribution is 9.10. The quantitative estimate of drug-likeness (QED) is 0.291. The van der Waals surface area contributed by atoms with Crippen LogP contribution in [-0.4, -0.2) is 50.5 Å². The van der Waals surface area contributed by atoms with E-state index in [2.05, 4.69) is 21.2 Å². The van der Waals surface area contributed by atoms with Crippen molar-refractivity contribution in [3.05, 3.63) is 100 Å². The van der Waals surface area contributed by atoms with Gasteiger partial charge in [0.15, 0.2) is 0 Å². The number of benzene rings is 3. The van der Waals surface area contributed by atoms with E-state index in [1.165, 1.54) is 10.6 Å². The van der Waals surface area contributed by atoms with Crippen LogP contribution >= 0.6 is 15.9 Å². The van der Waals surface area contributed by atoms with Gasteiger partial charge in [-0.15, -0.1) is 0 Å². The molecule has 3 rings (SSSR count). The lowest BCUT2D eigenvalue weighted by atomic mass is 10.0. The predicted octanol–water partition coefficient (Wildman–Crippen LogP) is 5.08. The lowest BCUT2D eigenvalue weighted by Gasteiger charge is -2.32. The molecular weight excluding hydrogens is 578 g/mol. The molecule has 0 fully saturated rings. The minimum atomic E-state index is -3.54. The number of carbonyl (C=O) groups is 2. The van der Waals surface area contributed by atoms with Crippen molar-refractivity contribution in [2.45, 2.75) is 45.7 Å². The van der Waals surface area contributed by atoms with Crippen LogP contribution in [0.2, 0.25) is 0 Å². The molecule has 1 atom stereocenters. The highest BCUT2D eigenvalue weighted by atomic mass is 79.9. The summed E-state index contributed by atoms with van der Waals surface area (Å²) in [6.45, 7) is 4.64. The maximum absolute atomic E-state index is 13.8. The molecule has 0 aliphatic rings. The number of anilines is 1. The van der Waals surface area contributed by atoms with Gasteiger partial charge in [-0.3, -0.25) is 13.9 Å². The first kappa shape index (κ1) is 30.4. The van der Waals surface area contributed by atoms with Gasteiger partial charge in [-0.2, -0.15) is 0 Å². The summed E-state index contributed by atoms with van der Waals surface area (Å²) in [5, 5.41) is 2.89. The molecule has 9 heteroatoms. The average molecular weight is 615 g/mol. The average Bonchev–Trinajstić information content (AvgIpc) is 2.89. The first-order chi connectivity index (χ1) is 18.6. The van der Waals surface area contributed by atoms with Crippen LogP contribution in [0, 0.1) is 6.92 Å². The molecule has 2 amide bonds. The van der Waals surface area contributed by atoms with Crippen LogP contribution < -0.4 is 9.62 Å². The van der Waals surface area contributed by atoms with Crippen LogP contribution in [0.5, 0.6) is 0 Å². The molecule has 1 unspecified atom stereocenters. The number of likely N-dealkylation sites (N-methyl/N-ethyl adjacent to an activating group) is 1. The van der Waals surface area contributed by atoms with E-state index in [0.29, 0.717) is 25.1 Å². The van der Waals surface area contributed by atoms with Crippen molar-refractivity contribution in [3.8, 4) is 0 Å². The van der Waals surface area contributed by atoms with Crippen LogP contribution in [0.25, 0.3) is 0 Å². The van der Waals surface area contributed by atoms with E-state index in [1.807, 2.05) is 80.6 Å². The number of halogens is 1. The van der Waals surface area contributed by atoms with Gasteiger partial charge in [-0.1, -0.05) is 76.1 Å².